The number of nitro groups is 1. The van der Waals surface area contributed by atoms with Gasteiger partial charge in [-0.2, -0.15) is 0 Å². The molecule has 0 aliphatic carbocycles. The van der Waals surface area contributed by atoms with E-state index in [1.165, 1.54) is 17.7 Å². The largest absolute Gasteiger partial charge is 0.497 e. The number of thiazole rings is 1. The maximum Gasteiger partial charge on any atom is 0.353 e. The number of hydrogen-bond acceptors (Lipinski definition) is 9. The van der Waals surface area contributed by atoms with Crippen LogP contribution in [0.25, 0.3) is 10.2 Å². The fraction of sp³-hybridized carbons (Fsp3) is 0.150. The molecule has 0 bridgehead atoms. The first kappa shape index (κ1) is 19.5. The van der Waals surface area contributed by atoms with Gasteiger partial charge in [0.25, 0.3) is 0 Å². The molecule has 0 atom stereocenters. The summed E-state index contributed by atoms with van der Waals surface area (Å²) in [5.74, 6) is 0.957. The topological polar surface area (TPSA) is 115 Å². The van der Waals surface area contributed by atoms with Gasteiger partial charge in [-0.15, -0.1) is 0 Å². The molecular formula is C20H18N6O3S. The number of aryl methyl sites for hydroxylation is 1. The smallest absolute Gasteiger partial charge is 0.353 e. The van der Waals surface area contributed by atoms with Gasteiger partial charge in [0.15, 0.2) is 5.13 Å². The zero-order valence-corrected chi connectivity index (χ0v) is 17.1. The molecule has 0 amide bonds. The van der Waals surface area contributed by atoms with Gasteiger partial charge in [-0.3, -0.25) is 10.1 Å². The molecule has 0 saturated carbocycles. The van der Waals surface area contributed by atoms with Crippen molar-refractivity contribution in [3.05, 3.63) is 70.0 Å². The molecule has 4 rings (SSSR count). The number of methoxy groups -OCH3 is 1. The summed E-state index contributed by atoms with van der Waals surface area (Å²) < 4.78 is 6.13. The lowest BCUT2D eigenvalue weighted by Crippen LogP contribution is -2.08. The van der Waals surface area contributed by atoms with Gasteiger partial charge < -0.3 is 15.4 Å². The van der Waals surface area contributed by atoms with Crippen LogP contribution in [-0.2, 0) is 6.54 Å². The Morgan fingerprint density at radius 1 is 1.13 bits per heavy atom. The number of hydrogen-bond donors (Lipinski definition) is 2. The van der Waals surface area contributed by atoms with E-state index in [1.54, 1.807) is 7.11 Å². The molecule has 0 aliphatic heterocycles. The third-order valence-corrected chi connectivity index (χ3v) is 5.41. The van der Waals surface area contributed by atoms with Crippen molar-refractivity contribution in [1.82, 2.24) is 15.0 Å². The molecule has 9 nitrogen and oxygen atoms in total. The van der Waals surface area contributed by atoms with Crippen molar-refractivity contribution in [3.63, 3.8) is 0 Å². The zero-order valence-electron chi connectivity index (χ0n) is 16.2. The monoisotopic (exact) mass is 422 g/mol. The third kappa shape index (κ3) is 3.98. The first-order valence-corrected chi connectivity index (χ1v) is 9.86. The molecular weight excluding hydrogens is 404 g/mol. The summed E-state index contributed by atoms with van der Waals surface area (Å²) in [6.45, 7) is 2.34. The number of anilines is 3. The van der Waals surface area contributed by atoms with Gasteiger partial charge in [-0.25, -0.2) is 15.0 Å². The molecule has 0 radical (unpaired) electrons. The van der Waals surface area contributed by atoms with Gasteiger partial charge in [0.1, 0.15) is 12.1 Å². The fourth-order valence-corrected chi connectivity index (χ4v) is 3.89. The van der Waals surface area contributed by atoms with E-state index in [2.05, 4.69) is 25.6 Å². The highest BCUT2D eigenvalue weighted by atomic mass is 32.1. The predicted molar refractivity (Wildman–Crippen MR) is 117 cm³/mol. The number of ether oxygens (including phenoxy) is 1. The minimum Gasteiger partial charge on any atom is -0.497 e. The van der Waals surface area contributed by atoms with Crippen LogP contribution in [-0.4, -0.2) is 27.0 Å². The summed E-state index contributed by atoms with van der Waals surface area (Å²) in [6, 6.07) is 13.3. The van der Waals surface area contributed by atoms with E-state index in [0.717, 1.165) is 27.1 Å². The van der Waals surface area contributed by atoms with E-state index in [-0.39, 0.29) is 17.3 Å². The van der Waals surface area contributed by atoms with Crippen LogP contribution in [0, 0.1) is 17.0 Å². The number of rotatable bonds is 7. The summed E-state index contributed by atoms with van der Waals surface area (Å²) in [6.07, 6.45) is 1.28. The molecule has 0 unspecified atom stereocenters. The van der Waals surface area contributed by atoms with E-state index >= 15 is 0 Å². The fourth-order valence-electron chi connectivity index (χ4n) is 2.94. The average molecular weight is 422 g/mol. The second kappa shape index (κ2) is 8.29. The molecule has 2 aromatic heterocycles. The highest BCUT2D eigenvalue weighted by Gasteiger charge is 2.24. The Kier molecular flexibility index (Phi) is 5.40. The van der Waals surface area contributed by atoms with Gasteiger partial charge in [0.2, 0.25) is 11.6 Å². The summed E-state index contributed by atoms with van der Waals surface area (Å²) >= 11 is 1.41. The second-order valence-electron chi connectivity index (χ2n) is 6.44. The van der Waals surface area contributed by atoms with Gasteiger partial charge in [-0.1, -0.05) is 35.6 Å². The molecule has 0 saturated heterocycles. The van der Waals surface area contributed by atoms with Crippen LogP contribution in [0.2, 0.25) is 0 Å². The van der Waals surface area contributed by atoms with Gasteiger partial charge in [0, 0.05) is 6.54 Å². The molecule has 0 spiro atoms. The van der Waals surface area contributed by atoms with Crippen molar-refractivity contribution in [1.29, 1.82) is 0 Å². The van der Waals surface area contributed by atoms with E-state index in [0.29, 0.717) is 11.7 Å². The van der Waals surface area contributed by atoms with E-state index < -0.39 is 4.92 Å². The van der Waals surface area contributed by atoms with Crippen LogP contribution >= 0.6 is 11.3 Å². The number of aromatic nitrogens is 3. The van der Waals surface area contributed by atoms with Crippen molar-refractivity contribution >= 4 is 44.0 Å². The van der Waals surface area contributed by atoms with E-state index in [9.17, 15) is 10.1 Å². The Labute approximate surface area is 175 Å². The summed E-state index contributed by atoms with van der Waals surface area (Å²) in [7, 11) is 1.60. The summed E-state index contributed by atoms with van der Waals surface area (Å²) in [5, 5.41) is 18.3. The second-order valence-corrected chi connectivity index (χ2v) is 7.47. The Morgan fingerprint density at radius 3 is 2.60 bits per heavy atom. The normalized spacial score (nSPS) is 10.7. The molecule has 0 aliphatic rings. The zero-order chi connectivity index (χ0) is 21.1. The number of para-hydroxylation sites is 1. The van der Waals surface area contributed by atoms with Crippen LogP contribution in [0.15, 0.2) is 48.8 Å². The average Bonchev–Trinajstić information content (AvgIpc) is 3.16. The number of fused-ring (bicyclic) bond motifs is 1. The van der Waals surface area contributed by atoms with Crippen molar-refractivity contribution < 1.29 is 9.66 Å². The van der Waals surface area contributed by atoms with Gasteiger partial charge in [-0.05, 0) is 36.2 Å². The summed E-state index contributed by atoms with van der Waals surface area (Å²) in [4.78, 5) is 23.9. The lowest BCUT2D eigenvalue weighted by Gasteiger charge is -2.09. The van der Waals surface area contributed by atoms with Gasteiger partial charge >= 0.3 is 5.69 Å². The third-order valence-electron chi connectivity index (χ3n) is 4.47. The minimum absolute atomic E-state index is 0.0870. The van der Waals surface area contributed by atoms with E-state index in [4.69, 9.17) is 4.74 Å². The number of benzene rings is 2. The first-order chi connectivity index (χ1) is 14.5. The maximum absolute atomic E-state index is 11.8. The lowest BCUT2D eigenvalue weighted by atomic mass is 10.2. The van der Waals surface area contributed by atoms with E-state index in [1.807, 2.05) is 49.4 Å². The van der Waals surface area contributed by atoms with Crippen LogP contribution < -0.4 is 15.4 Å². The SMILES string of the molecule is COc1ccc(CNc2ncnc(Nc3nc4c(C)cccc4s3)c2[N+](=O)[O-])cc1. The standard InChI is InChI=1S/C20H18N6O3S/c1-12-4-3-5-15-16(12)24-20(30-15)25-19-17(26(27)28)18(22-11-23-19)21-10-13-6-8-14(29-2)9-7-13/h3-9,11H,10H2,1-2H3,(H2,21,22,23,24,25). The molecule has 0 fully saturated rings. The Bertz CT molecular complexity index is 1210. The van der Waals surface area contributed by atoms with Crippen LogP contribution in [0.3, 0.4) is 0 Å². The molecule has 10 heteroatoms. The first-order valence-electron chi connectivity index (χ1n) is 9.04. The Hall–Kier alpha value is -3.79. The minimum atomic E-state index is -0.503. The van der Waals surface area contributed by atoms with Crippen LogP contribution in [0.4, 0.5) is 22.5 Å². The number of nitrogens with one attached hydrogen (secondary N) is 2. The van der Waals surface area contributed by atoms with Crippen molar-refractivity contribution in [2.45, 2.75) is 13.5 Å². The molecule has 152 valence electrons. The highest BCUT2D eigenvalue weighted by Crippen LogP contribution is 2.34. The van der Waals surface area contributed by atoms with Crippen molar-refractivity contribution in [2.24, 2.45) is 0 Å². The van der Waals surface area contributed by atoms with Crippen LogP contribution in [0.1, 0.15) is 11.1 Å². The predicted octanol–water partition coefficient (Wildman–Crippen LogP) is 4.67. The molecule has 30 heavy (non-hydrogen) atoms. The molecule has 2 heterocycles. The highest BCUT2D eigenvalue weighted by molar-refractivity contribution is 7.22. The molecule has 2 N–H and O–H groups in total. The lowest BCUT2D eigenvalue weighted by molar-refractivity contribution is -0.383. The maximum atomic E-state index is 11.8. The quantitative estimate of drug-likeness (QED) is 0.326. The van der Waals surface area contributed by atoms with Crippen LogP contribution in [0.5, 0.6) is 5.75 Å². The molecule has 4 aromatic rings. The number of nitrogens with zero attached hydrogens (tertiary/aromatic N) is 4. The Balaban J connectivity index is 1.60. The van der Waals surface area contributed by atoms with Crippen molar-refractivity contribution in [3.8, 4) is 5.75 Å². The van der Waals surface area contributed by atoms with Crippen molar-refractivity contribution in [2.75, 3.05) is 17.7 Å². The van der Waals surface area contributed by atoms with Gasteiger partial charge in [0.05, 0.1) is 22.2 Å². The molecule has 2 aromatic carbocycles. The summed E-state index contributed by atoms with van der Waals surface area (Å²) in [5.41, 5.74) is 2.59. The Morgan fingerprint density at radius 2 is 1.90 bits per heavy atom.